The first kappa shape index (κ1) is 23.8. The molecule has 4 rings (SSSR count). The number of hydrazone groups is 1. The number of ether oxygens (including phenoxy) is 2. The van der Waals surface area contributed by atoms with Crippen LogP contribution >= 0.6 is 0 Å². The highest BCUT2D eigenvalue weighted by Gasteiger charge is 2.35. The number of fused-ring (bicyclic) bond motifs is 1. The fourth-order valence-electron chi connectivity index (χ4n) is 4.17. The molecule has 0 radical (unpaired) electrons. The van der Waals surface area contributed by atoms with E-state index < -0.39 is 0 Å². The van der Waals surface area contributed by atoms with Crippen molar-refractivity contribution in [2.24, 2.45) is 10.5 Å². The average molecular weight is 464 g/mol. The van der Waals surface area contributed by atoms with Gasteiger partial charge in [-0.25, -0.2) is 5.01 Å². The smallest absolute Gasteiger partial charge is 0.262 e. The Morgan fingerprint density at radius 1 is 1.06 bits per heavy atom. The van der Waals surface area contributed by atoms with Crippen molar-refractivity contribution in [1.29, 1.82) is 0 Å². The highest BCUT2D eigenvalue weighted by atomic mass is 16.7. The second kappa shape index (κ2) is 9.12. The van der Waals surface area contributed by atoms with E-state index in [4.69, 9.17) is 14.6 Å². The van der Waals surface area contributed by atoms with Gasteiger partial charge in [0.2, 0.25) is 12.7 Å². The Labute approximate surface area is 201 Å². The second-order valence-corrected chi connectivity index (χ2v) is 10.4. The number of hydrogen-bond donors (Lipinski definition) is 0. The SMILES string of the molecule is Cc1ccc(C2=NN(C(=O)CN(C)C(=O)CC(C)(C)C)C(c3ccc4c(c3)OCO4)C2)cc1C. The molecule has 180 valence electrons. The molecule has 2 amide bonds. The van der Waals surface area contributed by atoms with E-state index in [9.17, 15) is 9.59 Å². The zero-order valence-electron chi connectivity index (χ0n) is 20.8. The van der Waals surface area contributed by atoms with E-state index >= 15 is 0 Å². The summed E-state index contributed by atoms with van der Waals surface area (Å²) in [5.41, 5.74) is 5.01. The zero-order valence-corrected chi connectivity index (χ0v) is 20.8. The van der Waals surface area contributed by atoms with E-state index in [2.05, 4.69) is 26.0 Å². The lowest BCUT2D eigenvalue weighted by atomic mass is 9.92. The molecular formula is C27H33N3O4. The van der Waals surface area contributed by atoms with Crippen LogP contribution in [0.5, 0.6) is 11.5 Å². The third kappa shape index (κ3) is 5.08. The van der Waals surface area contributed by atoms with Gasteiger partial charge in [-0.2, -0.15) is 5.10 Å². The Bertz CT molecular complexity index is 1150. The Morgan fingerprint density at radius 2 is 1.79 bits per heavy atom. The molecule has 2 heterocycles. The minimum absolute atomic E-state index is 0.0281. The molecule has 0 bridgehead atoms. The van der Waals surface area contributed by atoms with Gasteiger partial charge < -0.3 is 14.4 Å². The van der Waals surface area contributed by atoms with Gasteiger partial charge in [0.25, 0.3) is 5.91 Å². The van der Waals surface area contributed by atoms with Crippen LogP contribution in [0.1, 0.15) is 61.9 Å². The van der Waals surface area contributed by atoms with Crippen molar-refractivity contribution < 1.29 is 19.1 Å². The maximum Gasteiger partial charge on any atom is 0.262 e. The Kier molecular flexibility index (Phi) is 6.39. The largest absolute Gasteiger partial charge is 0.454 e. The molecule has 34 heavy (non-hydrogen) atoms. The van der Waals surface area contributed by atoms with Crippen molar-refractivity contribution in [3.8, 4) is 11.5 Å². The molecule has 0 spiro atoms. The third-order valence-electron chi connectivity index (χ3n) is 6.27. The maximum atomic E-state index is 13.4. The Morgan fingerprint density at radius 3 is 2.50 bits per heavy atom. The quantitative estimate of drug-likeness (QED) is 0.650. The van der Waals surface area contributed by atoms with Crippen LogP contribution < -0.4 is 9.47 Å². The Hall–Kier alpha value is -3.35. The highest BCUT2D eigenvalue weighted by molar-refractivity contribution is 6.03. The van der Waals surface area contributed by atoms with Gasteiger partial charge in [0.15, 0.2) is 11.5 Å². The van der Waals surface area contributed by atoms with Crippen molar-refractivity contribution in [3.05, 3.63) is 58.7 Å². The van der Waals surface area contributed by atoms with Crippen LogP contribution in [0.3, 0.4) is 0 Å². The topological polar surface area (TPSA) is 71.4 Å². The number of hydrogen-bond acceptors (Lipinski definition) is 5. The molecule has 0 fully saturated rings. The highest BCUT2D eigenvalue weighted by Crippen LogP contribution is 2.39. The number of rotatable bonds is 5. The maximum absolute atomic E-state index is 13.4. The zero-order chi connectivity index (χ0) is 24.6. The normalized spacial score (nSPS) is 17.1. The van der Waals surface area contributed by atoms with Crippen LogP contribution in [0.4, 0.5) is 0 Å². The van der Waals surface area contributed by atoms with E-state index in [0.717, 1.165) is 16.8 Å². The molecule has 0 N–H and O–H groups in total. The standard InChI is InChI=1S/C27H33N3O4/c1-17-7-8-19(11-18(17)2)21-13-22(20-9-10-23-24(12-20)34-16-33-23)30(28-21)26(32)15-29(6)25(31)14-27(3,4)5/h7-12,22H,13-16H2,1-6H3. The van der Waals surface area contributed by atoms with Gasteiger partial charge in [0, 0.05) is 19.9 Å². The second-order valence-electron chi connectivity index (χ2n) is 10.4. The number of likely N-dealkylation sites (N-methyl/N-ethyl adjacent to an activating group) is 1. The lowest BCUT2D eigenvalue weighted by molar-refractivity contribution is -0.141. The van der Waals surface area contributed by atoms with Crippen LogP contribution in [0, 0.1) is 19.3 Å². The van der Waals surface area contributed by atoms with E-state index in [0.29, 0.717) is 24.3 Å². The first-order chi connectivity index (χ1) is 16.0. The minimum Gasteiger partial charge on any atom is -0.454 e. The van der Waals surface area contributed by atoms with Gasteiger partial charge in [-0.05, 0) is 59.7 Å². The molecule has 1 unspecified atom stereocenters. The first-order valence-electron chi connectivity index (χ1n) is 11.6. The van der Waals surface area contributed by atoms with Crippen LogP contribution in [0.15, 0.2) is 41.5 Å². The number of aryl methyl sites for hydroxylation is 2. The summed E-state index contributed by atoms with van der Waals surface area (Å²) in [7, 11) is 1.67. The summed E-state index contributed by atoms with van der Waals surface area (Å²) in [4.78, 5) is 27.5. The van der Waals surface area contributed by atoms with Gasteiger partial charge >= 0.3 is 0 Å². The molecule has 0 saturated carbocycles. The van der Waals surface area contributed by atoms with E-state index in [1.54, 1.807) is 7.05 Å². The lowest BCUT2D eigenvalue weighted by Crippen LogP contribution is -2.40. The van der Waals surface area contributed by atoms with Gasteiger partial charge in [0.1, 0.15) is 6.54 Å². The molecule has 2 aromatic carbocycles. The fraction of sp³-hybridized carbons (Fsp3) is 0.444. The monoisotopic (exact) mass is 463 g/mol. The van der Waals surface area contributed by atoms with E-state index in [1.807, 2.05) is 45.0 Å². The fourth-order valence-corrected chi connectivity index (χ4v) is 4.17. The van der Waals surface area contributed by atoms with Crippen molar-refractivity contribution in [2.75, 3.05) is 20.4 Å². The van der Waals surface area contributed by atoms with Gasteiger partial charge in [0.05, 0.1) is 11.8 Å². The molecule has 2 aromatic rings. The van der Waals surface area contributed by atoms with Crippen molar-refractivity contribution in [2.45, 2.75) is 53.5 Å². The summed E-state index contributed by atoms with van der Waals surface area (Å²) in [6.45, 7) is 10.3. The number of carbonyl (C=O) groups is 2. The molecule has 2 aliphatic heterocycles. The van der Waals surface area contributed by atoms with Crippen LogP contribution in [0.2, 0.25) is 0 Å². The molecule has 1 atom stereocenters. The first-order valence-corrected chi connectivity index (χ1v) is 11.6. The predicted octanol–water partition coefficient (Wildman–Crippen LogP) is 4.60. The summed E-state index contributed by atoms with van der Waals surface area (Å²) in [6.07, 6.45) is 0.951. The summed E-state index contributed by atoms with van der Waals surface area (Å²) < 4.78 is 11.0. The van der Waals surface area contributed by atoms with Crippen molar-refractivity contribution >= 4 is 17.5 Å². The van der Waals surface area contributed by atoms with Gasteiger partial charge in [-0.1, -0.05) is 39.0 Å². The lowest BCUT2D eigenvalue weighted by Gasteiger charge is -2.26. The number of benzene rings is 2. The van der Waals surface area contributed by atoms with Crippen molar-refractivity contribution in [3.63, 3.8) is 0 Å². The molecule has 0 saturated heterocycles. The van der Waals surface area contributed by atoms with Crippen LogP contribution in [-0.4, -0.2) is 47.8 Å². The van der Waals surface area contributed by atoms with Crippen LogP contribution in [0.25, 0.3) is 0 Å². The number of amides is 2. The van der Waals surface area contributed by atoms with Gasteiger partial charge in [-0.15, -0.1) is 0 Å². The molecule has 7 nitrogen and oxygen atoms in total. The molecule has 7 heteroatoms. The molecule has 2 aliphatic rings. The summed E-state index contributed by atoms with van der Waals surface area (Å²) in [5.74, 6) is 1.09. The molecular weight excluding hydrogens is 430 g/mol. The van der Waals surface area contributed by atoms with Crippen LogP contribution in [-0.2, 0) is 9.59 Å². The van der Waals surface area contributed by atoms with E-state index in [-0.39, 0.29) is 36.6 Å². The molecule has 0 aliphatic carbocycles. The summed E-state index contributed by atoms with van der Waals surface area (Å²) >= 11 is 0. The minimum atomic E-state index is -0.287. The Balaban J connectivity index is 1.61. The third-order valence-corrected chi connectivity index (χ3v) is 6.27. The van der Waals surface area contributed by atoms with Gasteiger partial charge in [-0.3, -0.25) is 9.59 Å². The summed E-state index contributed by atoms with van der Waals surface area (Å²) in [5, 5.41) is 6.29. The van der Waals surface area contributed by atoms with E-state index in [1.165, 1.54) is 21.0 Å². The summed E-state index contributed by atoms with van der Waals surface area (Å²) in [6, 6.07) is 11.7. The number of carbonyl (C=O) groups excluding carboxylic acids is 2. The predicted molar refractivity (Wildman–Crippen MR) is 131 cm³/mol. The number of nitrogens with zero attached hydrogens (tertiary/aromatic N) is 3. The average Bonchev–Trinajstić information content (AvgIpc) is 3.41. The van der Waals surface area contributed by atoms with Crippen molar-refractivity contribution in [1.82, 2.24) is 9.91 Å². The molecule has 0 aromatic heterocycles.